The fraction of sp³-hybridized carbons (Fsp3) is 0. The van der Waals surface area contributed by atoms with Crippen LogP contribution in [0.4, 0.5) is 0 Å². The molecule has 2 rings (SSSR count). The van der Waals surface area contributed by atoms with E-state index in [1.807, 2.05) is 18.2 Å². The number of aromatic nitrogens is 2. The van der Waals surface area contributed by atoms with Crippen LogP contribution in [-0.4, -0.2) is 18.0 Å². The topological polar surface area (TPSA) is 74.0 Å². The number of pyridine rings is 2. The molecule has 84 valence electrons. The first-order valence-corrected chi connectivity index (χ1v) is 5.75. The molecule has 0 saturated heterocycles. The summed E-state index contributed by atoms with van der Waals surface area (Å²) in [6, 6.07) is 10.3. The Morgan fingerprint density at radius 2 is 1.38 bits per heavy atom. The van der Waals surface area contributed by atoms with Gasteiger partial charge in [0.05, 0.1) is 0 Å². The maximum Gasteiger partial charge on any atom is 0.329 e. The van der Waals surface area contributed by atoms with Crippen molar-refractivity contribution in [1.29, 1.82) is 0 Å². The molecule has 0 aromatic carbocycles. The van der Waals surface area contributed by atoms with Crippen LogP contribution in [0.2, 0.25) is 0 Å². The highest BCUT2D eigenvalue weighted by Gasteiger charge is 2.03. The summed E-state index contributed by atoms with van der Waals surface area (Å²) in [6.07, 6.45) is 5.87. The second kappa shape index (κ2) is 5.94. The average Bonchev–Trinajstić information content (AvgIpc) is 2.32. The lowest BCUT2D eigenvalue weighted by Crippen LogP contribution is -2.41. The first-order valence-electron chi connectivity index (χ1n) is 4.38. The van der Waals surface area contributed by atoms with Crippen LogP contribution in [-0.2, 0) is 10.3 Å². The molecule has 0 unspecified atom stereocenters. The Morgan fingerprint density at radius 1 is 0.875 bits per heavy atom. The molecule has 0 N–H and O–H groups in total. The molecule has 0 aliphatic heterocycles. The standard InChI is InChI=1S/C5H5NO3S.C5H5N/c7-10(8,9)6-4-2-1-3-5-6;1-2-4-6-5-3-1/h1-5H;1-5H. The molecule has 2 aromatic rings. The zero-order chi connectivity index (χ0) is 11.9. The van der Waals surface area contributed by atoms with Crippen molar-refractivity contribution >= 4 is 10.3 Å². The minimum absolute atomic E-state index is 0.604. The van der Waals surface area contributed by atoms with E-state index in [0.717, 1.165) is 0 Å². The Balaban J connectivity index is 0.000000181. The van der Waals surface area contributed by atoms with Gasteiger partial charge < -0.3 is 4.55 Å². The van der Waals surface area contributed by atoms with Crippen LogP contribution in [0, 0.1) is 0 Å². The van der Waals surface area contributed by atoms with Crippen LogP contribution in [0.25, 0.3) is 0 Å². The van der Waals surface area contributed by atoms with Crippen molar-refractivity contribution in [3.63, 3.8) is 0 Å². The quantitative estimate of drug-likeness (QED) is 0.531. The van der Waals surface area contributed by atoms with Crippen LogP contribution in [0.1, 0.15) is 0 Å². The van der Waals surface area contributed by atoms with Gasteiger partial charge in [0.1, 0.15) is 0 Å². The molecule has 0 radical (unpaired) electrons. The smallest absolute Gasteiger partial charge is 0.329 e. The Hall–Kier alpha value is -1.79. The number of nitrogens with zero attached hydrogens (tertiary/aromatic N) is 2. The third kappa shape index (κ3) is 4.63. The predicted molar refractivity (Wildman–Crippen MR) is 56.0 cm³/mol. The summed E-state index contributed by atoms with van der Waals surface area (Å²) >= 11 is 0. The minimum atomic E-state index is -4.34. The zero-order valence-corrected chi connectivity index (χ0v) is 9.12. The fourth-order valence-electron chi connectivity index (χ4n) is 0.845. The molecule has 0 saturated carbocycles. The molecule has 2 heterocycles. The lowest BCUT2D eigenvalue weighted by atomic mass is 10.5. The summed E-state index contributed by atoms with van der Waals surface area (Å²) in [5, 5.41) is 0. The molecule has 0 bridgehead atoms. The molecule has 16 heavy (non-hydrogen) atoms. The first kappa shape index (κ1) is 12.3. The lowest BCUT2D eigenvalue weighted by Gasteiger charge is -1.97. The van der Waals surface area contributed by atoms with E-state index in [4.69, 9.17) is 0 Å². The summed E-state index contributed by atoms with van der Waals surface area (Å²) in [7, 11) is -4.34. The number of rotatable bonds is 1. The lowest BCUT2D eigenvalue weighted by molar-refractivity contribution is -0.519. The third-order valence-electron chi connectivity index (χ3n) is 1.51. The molecular weight excluding hydrogens is 228 g/mol. The Bertz CT molecular complexity index is 473. The molecule has 6 heteroatoms. The summed E-state index contributed by atoms with van der Waals surface area (Å²) in [5.74, 6) is 0. The predicted octanol–water partition coefficient (Wildman–Crippen LogP) is 0.364. The van der Waals surface area contributed by atoms with Gasteiger partial charge in [-0.25, -0.2) is 0 Å². The molecular formula is C10H10N2O3S. The van der Waals surface area contributed by atoms with E-state index < -0.39 is 10.3 Å². The van der Waals surface area contributed by atoms with Crippen LogP contribution < -0.4 is 3.97 Å². The summed E-state index contributed by atoms with van der Waals surface area (Å²) < 4.78 is 31.3. The van der Waals surface area contributed by atoms with Gasteiger partial charge in [-0.1, -0.05) is 12.1 Å². The SMILES string of the molecule is O=S(=O)([O-])[n+]1ccccc1.c1ccncc1. The van der Waals surface area contributed by atoms with E-state index in [1.165, 1.54) is 24.5 Å². The van der Waals surface area contributed by atoms with Gasteiger partial charge in [-0.2, -0.15) is 8.42 Å². The van der Waals surface area contributed by atoms with E-state index in [1.54, 1.807) is 18.5 Å². The van der Waals surface area contributed by atoms with E-state index in [0.29, 0.717) is 3.97 Å². The van der Waals surface area contributed by atoms with Gasteiger partial charge in [0.15, 0.2) is 12.4 Å². The van der Waals surface area contributed by atoms with Crippen molar-refractivity contribution in [2.75, 3.05) is 0 Å². The van der Waals surface area contributed by atoms with Crippen LogP contribution in [0.3, 0.4) is 0 Å². The molecule has 0 aliphatic carbocycles. The van der Waals surface area contributed by atoms with Crippen molar-refractivity contribution in [2.45, 2.75) is 0 Å². The summed E-state index contributed by atoms with van der Waals surface area (Å²) in [5.41, 5.74) is 0. The van der Waals surface area contributed by atoms with E-state index in [9.17, 15) is 13.0 Å². The largest absolute Gasteiger partial charge is 0.693 e. The average molecular weight is 238 g/mol. The van der Waals surface area contributed by atoms with Gasteiger partial charge in [0, 0.05) is 24.5 Å². The van der Waals surface area contributed by atoms with E-state index in [2.05, 4.69) is 4.98 Å². The van der Waals surface area contributed by atoms with E-state index in [-0.39, 0.29) is 0 Å². The van der Waals surface area contributed by atoms with Crippen LogP contribution >= 0.6 is 0 Å². The van der Waals surface area contributed by atoms with Gasteiger partial charge in [-0.3, -0.25) is 4.98 Å². The van der Waals surface area contributed by atoms with Gasteiger partial charge in [0.2, 0.25) is 0 Å². The molecule has 5 nitrogen and oxygen atoms in total. The first-order chi connectivity index (χ1) is 7.61. The Kier molecular flexibility index (Phi) is 4.56. The second-order valence-corrected chi connectivity index (χ2v) is 3.96. The van der Waals surface area contributed by atoms with Crippen molar-refractivity contribution in [3.8, 4) is 0 Å². The maximum atomic E-state index is 10.2. The van der Waals surface area contributed by atoms with Gasteiger partial charge in [-0.05, 0) is 12.1 Å². The molecule has 2 aromatic heterocycles. The minimum Gasteiger partial charge on any atom is -0.693 e. The van der Waals surface area contributed by atoms with Gasteiger partial charge >= 0.3 is 10.3 Å². The maximum absolute atomic E-state index is 10.2. The van der Waals surface area contributed by atoms with Gasteiger partial charge in [0.25, 0.3) is 0 Å². The van der Waals surface area contributed by atoms with Crippen LogP contribution in [0.5, 0.6) is 0 Å². The number of hydrogen-bond donors (Lipinski definition) is 0. The molecule has 0 atom stereocenters. The fourth-order valence-corrected chi connectivity index (χ4v) is 1.28. The summed E-state index contributed by atoms with van der Waals surface area (Å²) in [4.78, 5) is 3.78. The van der Waals surface area contributed by atoms with Crippen molar-refractivity contribution in [3.05, 3.63) is 61.2 Å². The molecule has 0 fully saturated rings. The van der Waals surface area contributed by atoms with Crippen molar-refractivity contribution < 1.29 is 16.9 Å². The molecule has 0 amide bonds. The monoisotopic (exact) mass is 238 g/mol. The van der Waals surface area contributed by atoms with Crippen LogP contribution in [0.15, 0.2) is 61.2 Å². The van der Waals surface area contributed by atoms with Crippen molar-refractivity contribution in [2.24, 2.45) is 0 Å². The highest BCUT2D eigenvalue weighted by atomic mass is 32.2. The van der Waals surface area contributed by atoms with Gasteiger partial charge in [-0.15, -0.1) is 3.97 Å². The molecule has 0 spiro atoms. The Labute approximate surface area is 93.9 Å². The Morgan fingerprint density at radius 3 is 1.62 bits per heavy atom. The highest BCUT2D eigenvalue weighted by Crippen LogP contribution is 1.79. The normalized spacial score (nSPS) is 10.1. The zero-order valence-electron chi connectivity index (χ0n) is 8.30. The van der Waals surface area contributed by atoms with E-state index >= 15 is 0 Å². The second-order valence-electron chi connectivity index (χ2n) is 2.69. The summed E-state index contributed by atoms with van der Waals surface area (Å²) in [6.45, 7) is 0. The van der Waals surface area contributed by atoms with Crippen molar-refractivity contribution in [1.82, 2.24) is 4.98 Å². The third-order valence-corrected chi connectivity index (χ3v) is 2.27. The molecule has 0 aliphatic rings. The highest BCUT2D eigenvalue weighted by molar-refractivity contribution is 7.78. The number of hydrogen-bond acceptors (Lipinski definition) is 4.